The standard InChI is InChI=1S/C14H18N2O5/c1-3-9(4-2)8-15-13(17)10-5-11(14(18)19)7-12(6-10)16(20)21/h5-7,9H,3-4,8H2,1-2H3,(H,15,17)(H,18,19). The molecule has 1 amide bonds. The third-order valence-corrected chi connectivity index (χ3v) is 3.34. The summed E-state index contributed by atoms with van der Waals surface area (Å²) >= 11 is 0. The molecule has 7 nitrogen and oxygen atoms in total. The lowest BCUT2D eigenvalue weighted by Gasteiger charge is -2.13. The molecule has 21 heavy (non-hydrogen) atoms. The Morgan fingerprint density at radius 2 is 1.81 bits per heavy atom. The van der Waals surface area contributed by atoms with Crippen LogP contribution in [0.5, 0.6) is 0 Å². The predicted molar refractivity (Wildman–Crippen MR) is 76.5 cm³/mol. The molecule has 0 aromatic heterocycles. The number of hydrogen-bond acceptors (Lipinski definition) is 4. The zero-order valence-electron chi connectivity index (χ0n) is 12.0. The lowest BCUT2D eigenvalue weighted by molar-refractivity contribution is -0.384. The first-order valence-electron chi connectivity index (χ1n) is 6.70. The molecular weight excluding hydrogens is 276 g/mol. The van der Waals surface area contributed by atoms with Crippen molar-refractivity contribution in [1.29, 1.82) is 0 Å². The van der Waals surface area contributed by atoms with Crippen molar-refractivity contribution in [2.24, 2.45) is 5.92 Å². The number of amides is 1. The minimum Gasteiger partial charge on any atom is -0.478 e. The fourth-order valence-corrected chi connectivity index (χ4v) is 1.89. The topological polar surface area (TPSA) is 110 Å². The monoisotopic (exact) mass is 294 g/mol. The zero-order chi connectivity index (χ0) is 16.0. The third-order valence-electron chi connectivity index (χ3n) is 3.34. The van der Waals surface area contributed by atoms with Gasteiger partial charge in [-0.15, -0.1) is 0 Å². The van der Waals surface area contributed by atoms with Gasteiger partial charge in [0.15, 0.2) is 0 Å². The summed E-state index contributed by atoms with van der Waals surface area (Å²) in [6.07, 6.45) is 1.82. The van der Waals surface area contributed by atoms with Crippen molar-refractivity contribution in [3.8, 4) is 0 Å². The number of hydrogen-bond donors (Lipinski definition) is 2. The van der Waals surface area contributed by atoms with Gasteiger partial charge >= 0.3 is 5.97 Å². The third kappa shape index (κ3) is 4.55. The quantitative estimate of drug-likeness (QED) is 0.593. The normalized spacial score (nSPS) is 10.4. The highest BCUT2D eigenvalue weighted by Gasteiger charge is 2.17. The van der Waals surface area contributed by atoms with Gasteiger partial charge in [-0.2, -0.15) is 0 Å². The average molecular weight is 294 g/mol. The van der Waals surface area contributed by atoms with Gasteiger partial charge < -0.3 is 10.4 Å². The van der Waals surface area contributed by atoms with Crippen LogP contribution < -0.4 is 5.32 Å². The van der Waals surface area contributed by atoms with Gasteiger partial charge in [-0.3, -0.25) is 14.9 Å². The van der Waals surface area contributed by atoms with Crippen LogP contribution in [0.3, 0.4) is 0 Å². The van der Waals surface area contributed by atoms with Crippen LogP contribution in [0.4, 0.5) is 5.69 Å². The fourth-order valence-electron chi connectivity index (χ4n) is 1.89. The first kappa shape index (κ1) is 16.6. The van der Waals surface area contributed by atoms with Crippen LogP contribution in [0.1, 0.15) is 47.4 Å². The maximum atomic E-state index is 12.0. The van der Waals surface area contributed by atoms with Crippen molar-refractivity contribution < 1.29 is 19.6 Å². The predicted octanol–water partition coefficient (Wildman–Crippen LogP) is 2.46. The van der Waals surface area contributed by atoms with Gasteiger partial charge in [-0.1, -0.05) is 26.7 Å². The Morgan fingerprint density at radius 3 is 2.29 bits per heavy atom. The van der Waals surface area contributed by atoms with Gasteiger partial charge in [-0.05, 0) is 12.0 Å². The van der Waals surface area contributed by atoms with E-state index in [1.165, 1.54) is 0 Å². The highest BCUT2D eigenvalue weighted by molar-refractivity contribution is 5.98. The maximum absolute atomic E-state index is 12.0. The molecule has 0 fully saturated rings. The number of benzene rings is 1. The van der Waals surface area contributed by atoms with E-state index in [1.807, 2.05) is 13.8 Å². The number of nitrogens with one attached hydrogen (secondary N) is 1. The van der Waals surface area contributed by atoms with Gasteiger partial charge in [0.2, 0.25) is 0 Å². The summed E-state index contributed by atoms with van der Waals surface area (Å²) in [5.41, 5.74) is -0.716. The van der Waals surface area contributed by atoms with Crippen LogP contribution in [0, 0.1) is 16.0 Å². The molecule has 0 unspecified atom stereocenters. The molecular formula is C14H18N2O5. The van der Waals surface area contributed by atoms with Crippen LogP contribution >= 0.6 is 0 Å². The molecule has 0 heterocycles. The van der Waals surface area contributed by atoms with Crippen molar-refractivity contribution in [2.45, 2.75) is 26.7 Å². The van der Waals surface area contributed by atoms with Crippen molar-refractivity contribution in [2.75, 3.05) is 6.54 Å². The van der Waals surface area contributed by atoms with Crippen LogP contribution in [-0.4, -0.2) is 28.5 Å². The molecule has 0 saturated carbocycles. The largest absolute Gasteiger partial charge is 0.478 e. The average Bonchev–Trinajstić information content (AvgIpc) is 2.47. The number of non-ortho nitro benzene ring substituents is 1. The number of carboxylic acids is 1. The summed E-state index contributed by atoms with van der Waals surface area (Å²) in [5.74, 6) is -1.49. The minimum atomic E-state index is -1.31. The van der Waals surface area contributed by atoms with Crippen LogP contribution in [0.2, 0.25) is 0 Å². The number of aromatic carboxylic acids is 1. The summed E-state index contributed by atoms with van der Waals surface area (Å²) in [6.45, 7) is 4.48. The molecule has 0 saturated heterocycles. The van der Waals surface area contributed by atoms with Crippen LogP contribution in [0.25, 0.3) is 0 Å². The summed E-state index contributed by atoms with van der Waals surface area (Å²) in [5, 5.41) is 22.4. The Morgan fingerprint density at radius 1 is 1.24 bits per heavy atom. The molecule has 7 heteroatoms. The van der Waals surface area contributed by atoms with Gasteiger partial charge in [0.25, 0.3) is 11.6 Å². The molecule has 1 rings (SSSR count). The molecule has 0 aliphatic carbocycles. The van der Waals surface area contributed by atoms with Crippen molar-refractivity contribution >= 4 is 17.6 Å². The molecule has 0 atom stereocenters. The smallest absolute Gasteiger partial charge is 0.335 e. The van der Waals surface area contributed by atoms with Crippen LogP contribution in [-0.2, 0) is 0 Å². The van der Waals surface area contributed by atoms with Gasteiger partial charge in [0, 0.05) is 24.2 Å². The SMILES string of the molecule is CCC(CC)CNC(=O)c1cc(C(=O)O)cc([N+](=O)[O-])c1. The molecule has 0 spiro atoms. The summed E-state index contributed by atoms with van der Waals surface area (Å²) < 4.78 is 0. The summed E-state index contributed by atoms with van der Waals surface area (Å²) in [6, 6.07) is 3.15. The fraction of sp³-hybridized carbons (Fsp3) is 0.429. The lowest BCUT2D eigenvalue weighted by atomic mass is 10.0. The Balaban J connectivity index is 2.97. The molecule has 0 aliphatic rings. The van der Waals surface area contributed by atoms with Gasteiger partial charge in [0.1, 0.15) is 0 Å². The highest BCUT2D eigenvalue weighted by atomic mass is 16.6. The number of carbonyl (C=O) groups excluding carboxylic acids is 1. The number of nitro groups is 1. The van der Waals surface area contributed by atoms with E-state index in [1.54, 1.807) is 0 Å². The molecule has 0 aliphatic heterocycles. The van der Waals surface area contributed by atoms with Crippen molar-refractivity contribution in [3.63, 3.8) is 0 Å². The summed E-state index contributed by atoms with van der Waals surface area (Å²) in [4.78, 5) is 33.0. The van der Waals surface area contributed by atoms with E-state index in [9.17, 15) is 19.7 Å². The molecule has 2 N–H and O–H groups in total. The van der Waals surface area contributed by atoms with E-state index in [-0.39, 0.29) is 11.1 Å². The van der Waals surface area contributed by atoms with Crippen molar-refractivity contribution in [3.05, 3.63) is 39.4 Å². The number of nitro benzene ring substituents is 1. The Hall–Kier alpha value is -2.44. The zero-order valence-corrected chi connectivity index (χ0v) is 12.0. The van der Waals surface area contributed by atoms with E-state index in [2.05, 4.69) is 5.32 Å². The second-order valence-corrected chi connectivity index (χ2v) is 4.72. The number of carbonyl (C=O) groups is 2. The van der Waals surface area contributed by atoms with E-state index in [0.717, 1.165) is 31.0 Å². The molecule has 1 aromatic carbocycles. The first-order chi connectivity index (χ1) is 9.88. The molecule has 114 valence electrons. The molecule has 0 radical (unpaired) electrons. The van der Waals surface area contributed by atoms with E-state index >= 15 is 0 Å². The minimum absolute atomic E-state index is 0.0208. The molecule has 1 aromatic rings. The Labute approximate surface area is 122 Å². The first-order valence-corrected chi connectivity index (χ1v) is 6.70. The van der Waals surface area contributed by atoms with Crippen LogP contribution in [0.15, 0.2) is 18.2 Å². The van der Waals surface area contributed by atoms with E-state index < -0.39 is 22.5 Å². The lowest BCUT2D eigenvalue weighted by Crippen LogP contribution is -2.29. The van der Waals surface area contributed by atoms with E-state index in [4.69, 9.17) is 5.11 Å². The van der Waals surface area contributed by atoms with Gasteiger partial charge in [0.05, 0.1) is 10.5 Å². The van der Waals surface area contributed by atoms with E-state index in [0.29, 0.717) is 12.5 Å². The second-order valence-electron chi connectivity index (χ2n) is 4.72. The number of rotatable bonds is 7. The Kier molecular flexibility index (Phi) is 5.83. The molecule has 0 bridgehead atoms. The van der Waals surface area contributed by atoms with Crippen molar-refractivity contribution in [1.82, 2.24) is 5.32 Å². The maximum Gasteiger partial charge on any atom is 0.335 e. The Bertz CT molecular complexity index is 520. The number of nitrogens with zero attached hydrogens (tertiary/aromatic N) is 1. The number of carboxylic acid groups (broad SMARTS) is 1. The van der Waals surface area contributed by atoms with Gasteiger partial charge in [-0.25, -0.2) is 4.79 Å². The highest BCUT2D eigenvalue weighted by Crippen LogP contribution is 2.17. The summed E-state index contributed by atoms with van der Waals surface area (Å²) in [7, 11) is 0. The second kappa shape index (κ2) is 7.37.